The van der Waals surface area contributed by atoms with Gasteiger partial charge in [0, 0.05) is 6.04 Å². The lowest BCUT2D eigenvalue weighted by molar-refractivity contribution is 0.288. The molecule has 0 aliphatic heterocycles. The van der Waals surface area contributed by atoms with Gasteiger partial charge in [0.05, 0.1) is 6.61 Å². The summed E-state index contributed by atoms with van der Waals surface area (Å²) in [5, 5.41) is 3.56. The van der Waals surface area contributed by atoms with Crippen LogP contribution in [0, 0.1) is 5.92 Å². The Balaban J connectivity index is 2.18. The van der Waals surface area contributed by atoms with Crippen molar-refractivity contribution in [1.29, 1.82) is 0 Å². The van der Waals surface area contributed by atoms with Crippen LogP contribution in [0.25, 0.3) is 0 Å². The van der Waals surface area contributed by atoms with Crippen LogP contribution < -0.4 is 10.1 Å². The SMILES string of the molecule is CCNC(CCCOc1ccccc1)CC(C)C. The first kappa shape index (κ1) is 15.0. The molecular weight excluding hydrogens is 222 g/mol. The van der Waals surface area contributed by atoms with Crippen molar-refractivity contribution >= 4 is 0 Å². The number of para-hydroxylation sites is 1. The van der Waals surface area contributed by atoms with Gasteiger partial charge in [-0.25, -0.2) is 0 Å². The first-order valence-corrected chi connectivity index (χ1v) is 7.13. The highest BCUT2D eigenvalue weighted by molar-refractivity contribution is 5.20. The predicted octanol–water partition coefficient (Wildman–Crippen LogP) is 3.87. The molecule has 0 aromatic heterocycles. The molecule has 1 rings (SSSR count). The van der Waals surface area contributed by atoms with E-state index in [4.69, 9.17) is 4.74 Å². The molecule has 0 fully saturated rings. The van der Waals surface area contributed by atoms with Crippen LogP contribution in [0.4, 0.5) is 0 Å². The molecule has 1 aromatic carbocycles. The lowest BCUT2D eigenvalue weighted by Crippen LogP contribution is -2.30. The van der Waals surface area contributed by atoms with Gasteiger partial charge in [-0.15, -0.1) is 0 Å². The summed E-state index contributed by atoms with van der Waals surface area (Å²) in [6.45, 7) is 8.60. The third-order valence-electron chi connectivity index (χ3n) is 2.96. The topological polar surface area (TPSA) is 21.3 Å². The van der Waals surface area contributed by atoms with Crippen molar-refractivity contribution in [1.82, 2.24) is 5.32 Å². The molecule has 0 bridgehead atoms. The van der Waals surface area contributed by atoms with Crippen LogP contribution in [0.2, 0.25) is 0 Å². The number of hydrogen-bond donors (Lipinski definition) is 1. The Morgan fingerprint density at radius 1 is 1.17 bits per heavy atom. The predicted molar refractivity (Wildman–Crippen MR) is 78.1 cm³/mol. The Bertz CT molecular complexity index is 297. The monoisotopic (exact) mass is 249 g/mol. The molecule has 0 heterocycles. The van der Waals surface area contributed by atoms with Gasteiger partial charge in [-0.3, -0.25) is 0 Å². The molecule has 0 aliphatic carbocycles. The van der Waals surface area contributed by atoms with E-state index in [-0.39, 0.29) is 0 Å². The molecule has 0 amide bonds. The lowest BCUT2D eigenvalue weighted by atomic mass is 10.00. The second-order valence-electron chi connectivity index (χ2n) is 5.19. The summed E-state index contributed by atoms with van der Waals surface area (Å²) < 4.78 is 5.71. The maximum Gasteiger partial charge on any atom is 0.119 e. The van der Waals surface area contributed by atoms with Gasteiger partial charge in [-0.05, 0) is 43.9 Å². The van der Waals surface area contributed by atoms with Gasteiger partial charge in [0.15, 0.2) is 0 Å². The average molecular weight is 249 g/mol. The van der Waals surface area contributed by atoms with Gasteiger partial charge < -0.3 is 10.1 Å². The molecule has 1 atom stereocenters. The quantitative estimate of drug-likeness (QED) is 0.671. The Morgan fingerprint density at radius 3 is 2.50 bits per heavy atom. The third kappa shape index (κ3) is 6.65. The summed E-state index contributed by atoms with van der Waals surface area (Å²) in [5.41, 5.74) is 0. The van der Waals surface area contributed by atoms with Crippen molar-refractivity contribution in [3.8, 4) is 5.75 Å². The molecule has 1 aromatic rings. The normalized spacial score (nSPS) is 12.7. The standard InChI is InChI=1S/C16H27NO/c1-4-17-15(13-14(2)3)9-8-12-18-16-10-6-5-7-11-16/h5-7,10-11,14-15,17H,4,8-9,12-13H2,1-3H3. The smallest absolute Gasteiger partial charge is 0.119 e. The van der Waals surface area contributed by atoms with Crippen molar-refractivity contribution in [3.05, 3.63) is 30.3 Å². The highest BCUT2D eigenvalue weighted by atomic mass is 16.5. The van der Waals surface area contributed by atoms with E-state index < -0.39 is 0 Å². The zero-order valence-corrected chi connectivity index (χ0v) is 12.0. The molecule has 1 N–H and O–H groups in total. The van der Waals surface area contributed by atoms with Gasteiger partial charge >= 0.3 is 0 Å². The first-order chi connectivity index (χ1) is 8.72. The Kier molecular flexibility index (Phi) is 7.51. The van der Waals surface area contributed by atoms with Crippen LogP contribution in [0.3, 0.4) is 0 Å². The lowest BCUT2D eigenvalue weighted by Gasteiger charge is -2.19. The Hall–Kier alpha value is -1.02. The van der Waals surface area contributed by atoms with E-state index in [1.54, 1.807) is 0 Å². The number of benzene rings is 1. The molecule has 1 unspecified atom stereocenters. The average Bonchev–Trinajstić information content (AvgIpc) is 2.35. The maximum absolute atomic E-state index is 5.71. The highest BCUT2D eigenvalue weighted by Gasteiger charge is 2.09. The summed E-state index contributed by atoms with van der Waals surface area (Å²) >= 11 is 0. The van der Waals surface area contributed by atoms with Gasteiger partial charge in [-0.1, -0.05) is 39.0 Å². The van der Waals surface area contributed by atoms with E-state index >= 15 is 0 Å². The minimum absolute atomic E-state index is 0.634. The minimum atomic E-state index is 0.634. The van der Waals surface area contributed by atoms with Crippen molar-refractivity contribution in [2.45, 2.75) is 46.1 Å². The summed E-state index contributed by atoms with van der Waals surface area (Å²) in [6, 6.07) is 10.7. The maximum atomic E-state index is 5.71. The zero-order valence-electron chi connectivity index (χ0n) is 12.0. The van der Waals surface area contributed by atoms with Crippen LogP contribution in [-0.2, 0) is 0 Å². The van der Waals surface area contributed by atoms with E-state index in [0.717, 1.165) is 31.2 Å². The Morgan fingerprint density at radius 2 is 1.89 bits per heavy atom. The van der Waals surface area contributed by atoms with Crippen LogP contribution in [0.5, 0.6) is 5.75 Å². The summed E-state index contributed by atoms with van der Waals surface area (Å²) in [6.07, 6.45) is 3.55. The van der Waals surface area contributed by atoms with E-state index in [1.165, 1.54) is 12.8 Å². The zero-order chi connectivity index (χ0) is 13.2. The van der Waals surface area contributed by atoms with Gasteiger partial charge in [0.25, 0.3) is 0 Å². The molecule has 0 radical (unpaired) electrons. The number of ether oxygens (including phenoxy) is 1. The molecule has 2 heteroatoms. The fraction of sp³-hybridized carbons (Fsp3) is 0.625. The van der Waals surface area contributed by atoms with Gasteiger partial charge in [0.1, 0.15) is 5.75 Å². The van der Waals surface area contributed by atoms with E-state index in [1.807, 2.05) is 30.3 Å². The number of hydrogen-bond acceptors (Lipinski definition) is 2. The van der Waals surface area contributed by atoms with E-state index in [2.05, 4.69) is 26.1 Å². The summed E-state index contributed by atoms with van der Waals surface area (Å²) in [5.74, 6) is 1.73. The van der Waals surface area contributed by atoms with E-state index in [0.29, 0.717) is 6.04 Å². The van der Waals surface area contributed by atoms with Gasteiger partial charge in [0.2, 0.25) is 0 Å². The van der Waals surface area contributed by atoms with Crippen molar-refractivity contribution in [2.75, 3.05) is 13.2 Å². The number of rotatable bonds is 9. The molecule has 0 saturated carbocycles. The van der Waals surface area contributed by atoms with Crippen molar-refractivity contribution in [3.63, 3.8) is 0 Å². The van der Waals surface area contributed by atoms with Crippen LogP contribution >= 0.6 is 0 Å². The summed E-state index contributed by atoms with van der Waals surface area (Å²) in [7, 11) is 0. The molecule has 2 nitrogen and oxygen atoms in total. The molecule has 0 spiro atoms. The molecule has 102 valence electrons. The van der Waals surface area contributed by atoms with Crippen molar-refractivity contribution < 1.29 is 4.74 Å². The van der Waals surface area contributed by atoms with Crippen LogP contribution in [-0.4, -0.2) is 19.2 Å². The highest BCUT2D eigenvalue weighted by Crippen LogP contribution is 2.12. The first-order valence-electron chi connectivity index (χ1n) is 7.13. The second-order valence-corrected chi connectivity index (χ2v) is 5.19. The van der Waals surface area contributed by atoms with E-state index in [9.17, 15) is 0 Å². The molecule has 18 heavy (non-hydrogen) atoms. The third-order valence-corrected chi connectivity index (χ3v) is 2.96. The fourth-order valence-corrected chi connectivity index (χ4v) is 2.20. The number of nitrogens with one attached hydrogen (secondary N) is 1. The largest absolute Gasteiger partial charge is 0.494 e. The van der Waals surface area contributed by atoms with Gasteiger partial charge in [-0.2, -0.15) is 0 Å². The van der Waals surface area contributed by atoms with Crippen LogP contribution in [0.1, 0.15) is 40.0 Å². The fourth-order valence-electron chi connectivity index (χ4n) is 2.20. The second kappa shape index (κ2) is 8.98. The Labute approximate surface area is 112 Å². The van der Waals surface area contributed by atoms with Crippen LogP contribution in [0.15, 0.2) is 30.3 Å². The molecule has 0 aliphatic rings. The minimum Gasteiger partial charge on any atom is -0.494 e. The molecule has 0 saturated heterocycles. The molecular formula is C16H27NO. The summed E-state index contributed by atoms with van der Waals surface area (Å²) in [4.78, 5) is 0. The van der Waals surface area contributed by atoms with Crippen molar-refractivity contribution in [2.24, 2.45) is 5.92 Å².